The Morgan fingerprint density at radius 3 is 1.22 bits per heavy atom. The molecule has 0 aliphatic heterocycles. The number of esters is 2. The molecule has 0 bridgehead atoms. The molecule has 0 rings (SSSR count). The lowest BCUT2D eigenvalue weighted by Crippen LogP contribution is -2.36. The van der Waals surface area contributed by atoms with Crippen molar-refractivity contribution in [3.05, 3.63) is 0 Å². The Labute approximate surface area is 187 Å². The fourth-order valence-electron chi connectivity index (χ4n) is 3.02. The molecule has 0 aliphatic rings. The van der Waals surface area contributed by atoms with Gasteiger partial charge in [-0.05, 0) is 52.4 Å². The van der Waals surface area contributed by atoms with Gasteiger partial charge in [-0.15, -0.1) is 0 Å². The van der Waals surface area contributed by atoms with Crippen LogP contribution in [0.1, 0.15) is 78.1 Å². The first kappa shape index (κ1) is 29.2. The highest BCUT2D eigenvalue weighted by molar-refractivity contribution is 5.88. The highest BCUT2D eigenvalue weighted by Crippen LogP contribution is 2.24. The van der Waals surface area contributed by atoms with Gasteiger partial charge in [-0.1, -0.05) is 0 Å². The minimum Gasteiger partial charge on any atom is -0.481 e. The topological polar surface area (TPSA) is 161 Å². The SMILES string of the molecule is CC(=O)CCCCCOC(=O)C(CC(=O)O)C(CC(=O)O)C(=O)OCCCCCC(C)=O. The van der Waals surface area contributed by atoms with Crippen molar-refractivity contribution in [3.8, 4) is 0 Å². The van der Waals surface area contributed by atoms with E-state index in [1.807, 2.05) is 0 Å². The molecule has 0 aromatic carbocycles. The van der Waals surface area contributed by atoms with Crippen LogP contribution in [0.25, 0.3) is 0 Å². The van der Waals surface area contributed by atoms with E-state index in [9.17, 15) is 28.8 Å². The summed E-state index contributed by atoms with van der Waals surface area (Å²) < 4.78 is 10.2. The van der Waals surface area contributed by atoms with E-state index in [0.29, 0.717) is 51.4 Å². The maximum Gasteiger partial charge on any atom is 0.310 e. The quantitative estimate of drug-likeness (QED) is 0.217. The van der Waals surface area contributed by atoms with Crippen LogP contribution in [0.4, 0.5) is 0 Å². The second-order valence-corrected chi connectivity index (χ2v) is 7.77. The molecule has 2 atom stereocenters. The minimum absolute atomic E-state index is 0.0299. The summed E-state index contributed by atoms with van der Waals surface area (Å²) >= 11 is 0. The second kappa shape index (κ2) is 16.9. The molecular formula is C22H34O10. The van der Waals surface area contributed by atoms with Gasteiger partial charge in [0.1, 0.15) is 11.6 Å². The van der Waals surface area contributed by atoms with Crippen LogP contribution in [0.15, 0.2) is 0 Å². The van der Waals surface area contributed by atoms with Gasteiger partial charge in [0.2, 0.25) is 0 Å². The van der Waals surface area contributed by atoms with Crippen molar-refractivity contribution in [2.24, 2.45) is 11.8 Å². The number of aliphatic carboxylic acids is 2. The van der Waals surface area contributed by atoms with E-state index in [4.69, 9.17) is 19.7 Å². The molecule has 32 heavy (non-hydrogen) atoms. The zero-order valence-corrected chi connectivity index (χ0v) is 18.8. The molecule has 0 radical (unpaired) electrons. The number of Topliss-reactive ketones (excluding diaryl/α,β-unsaturated/α-hetero) is 2. The molecule has 2 N–H and O–H groups in total. The number of ketones is 2. The first-order valence-corrected chi connectivity index (χ1v) is 10.8. The van der Waals surface area contributed by atoms with Gasteiger partial charge in [-0.25, -0.2) is 0 Å². The number of unbranched alkanes of at least 4 members (excludes halogenated alkanes) is 4. The van der Waals surface area contributed by atoms with Crippen molar-refractivity contribution in [1.82, 2.24) is 0 Å². The first-order chi connectivity index (χ1) is 15.0. The summed E-state index contributed by atoms with van der Waals surface area (Å²) in [6.45, 7) is 2.89. The third-order valence-electron chi connectivity index (χ3n) is 4.72. The first-order valence-electron chi connectivity index (χ1n) is 10.8. The Morgan fingerprint density at radius 2 is 0.938 bits per heavy atom. The molecule has 0 spiro atoms. The van der Waals surface area contributed by atoms with Crippen molar-refractivity contribution >= 4 is 35.4 Å². The van der Waals surface area contributed by atoms with Crippen molar-refractivity contribution in [2.45, 2.75) is 78.1 Å². The third kappa shape index (κ3) is 15.1. The van der Waals surface area contributed by atoms with Crippen LogP contribution in [0, 0.1) is 11.8 Å². The Morgan fingerprint density at radius 1 is 0.594 bits per heavy atom. The summed E-state index contributed by atoms with van der Waals surface area (Å²) in [5.41, 5.74) is 0. The van der Waals surface area contributed by atoms with Crippen molar-refractivity contribution in [1.29, 1.82) is 0 Å². The van der Waals surface area contributed by atoms with Crippen LogP contribution < -0.4 is 0 Å². The number of carboxylic acids is 2. The van der Waals surface area contributed by atoms with E-state index >= 15 is 0 Å². The maximum atomic E-state index is 12.5. The number of carbonyl (C=O) groups excluding carboxylic acids is 4. The average Bonchev–Trinajstić information content (AvgIpc) is 2.68. The number of hydrogen-bond donors (Lipinski definition) is 2. The number of rotatable bonds is 19. The van der Waals surface area contributed by atoms with Gasteiger partial charge >= 0.3 is 23.9 Å². The van der Waals surface area contributed by atoms with Crippen molar-refractivity contribution in [3.63, 3.8) is 0 Å². The van der Waals surface area contributed by atoms with Gasteiger partial charge in [-0.3, -0.25) is 19.2 Å². The van der Waals surface area contributed by atoms with Crippen LogP contribution in [0.3, 0.4) is 0 Å². The van der Waals surface area contributed by atoms with Crippen molar-refractivity contribution < 1.29 is 48.5 Å². The van der Waals surface area contributed by atoms with Gasteiger partial charge in [0.15, 0.2) is 0 Å². The summed E-state index contributed by atoms with van der Waals surface area (Å²) in [4.78, 5) is 69.2. The highest BCUT2D eigenvalue weighted by atomic mass is 16.5. The fourth-order valence-corrected chi connectivity index (χ4v) is 3.02. The predicted octanol–water partition coefficient (Wildman–Crippen LogP) is 2.55. The summed E-state index contributed by atoms with van der Waals surface area (Å²) in [7, 11) is 0. The molecular weight excluding hydrogens is 424 g/mol. The Hall–Kier alpha value is -2.78. The van der Waals surface area contributed by atoms with E-state index in [1.165, 1.54) is 13.8 Å². The van der Waals surface area contributed by atoms with Gasteiger partial charge in [-0.2, -0.15) is 0 Å². The molecule has 0 saturated heterocycles. The molecule has 0 aromatic rings. The molecule has 10 heteroatoms. The molecule has 182 valence electrons. The van der Waals surface area contributed by atoms with Crippen LogP contribution in [0.2, 0.25) is 0 Å². The van der Waals surface area contributed by atoms with Gasteiger partial charge < -0.3 is 29.3 Å². The molecule has 10 nitrogen and oxygen atoms in total. The summed E-state index contributed by atoms with van der Waals surface area (Å²) in [5, 5.41) is 18.3. The lowest BCUT2D eigenvalue weighted by molar-refractivity contribution is -0.166. The zero-order valence-electron chi connectivity index (χ0n) is 18.8. The largest absolute Gasteiger partial charge is 0.481 e. The summed E-state index contributed by atoms with van der Waals surface area (Å²) in [6, 6.07) is 0. The lowest BCUT2D eigenvalue weighted by atomic mass is 9.86. The monoisotopic (exact) mass is 458 g/mol. The number of hydrogen-bond acceptors (Lipinski definition) is 8. The van der Waals surface area contributed by atoms with E-state index in [-0.39, 0.29) is 24.8 Å². The number of carboxylic acid groups (broad SMARTS) is 2. The van der Waals surface area contributed by atoms with Gasteiger partial charge in [0.25, 0.3) is 0 Å². The predicted molar refractivity (Wildman–Crippen MR) is 112 cm³/mol. The highest BCUT2D eigenvalue weighted by Gasteiger charge is 2.39. The molecule has 0 saturated carbocycles. The third-order valence-corrected chi connectivity index (χ3v) is 4.72. The van der Waals surface area contributed by atoms with Gasteiger partial charge in [0, 0.05) is 12.8 Å². The molecule has 0 fully saturated rings. The molecule has 0 amide bonds. The van der Waals surface area contributed by atoms with E-state index in [2.05, 4.69) is 0 Å². The van der Waals surface area contributed by atoms with Crippen LogP contribution >= 0.6 is 0 Å². The average molecular weight is 459 g/mol. The standard InChI is InChI=1S/C22H34O10/c1-15(23)9-5-3-7-11-31-21(29)17(13-19(25)26)18(14-20(27)28)22(30)32-12-8-4-6-10-16(2)24/h17-18H,3-14H2,1-2H3,(H,25,26)(H,27,28). The van der Waals surface area contributed by atoms with Crippen LogP contribution in [-0.2, 0) is 38.2 Å². The van der Waals surface area contributed by atoms with E-state index < -0.39 is 48.6 Å². The molecule has 2 unspecified atom stereocenters. The Bertz CT molecular complexity index is 599. The van der Waals surface area contributed by atoms with Gasteiger partial charge in [0.05, 0.1) is 37.9 Å². The minimum atomic E-state index is -1.49. The normalized spacial score (nSPS) is 12.4. The van der Waals surface area contributed by atoms with Crippen LogP contribution in [-0.4, -0.2) is 58.9 Å². The summed E-state index contributed by atoms with van der Waals surface area (Å²) in [5.74, 6) is -7.57. The zero-order chi connectivity index (χ0) is 24.5. The Kier molecular flexibility index (Phi) is 15.4. The Balaban J connectivity index is 4.88. The number of carbonyl (C=O) groups is 6. The molecule has 0 heterocycles. The summed E-state index contributed by atoms with van der Waals surface area (Å²) in [6.07, 6.45) is 2.70. The van der Waals surface area contributed by atoms with E-state index in [0.717, 1.165) is 0 Å². The molecule has 0 aromatic heterocycles. The maximum absolute atomic E-state index is 12.5. The number of ether oxygens (including phenoxy) is 2. The second-order valence-electron chi connectivity index (χ2n) is 7.77. The molecule has 0 aliphatic carbocycles. The van der Waals surface area contributed by atoms with Crippen molar-refractivity contribution in [2.75, 3.05) is 13.2 Å². The fraction of sp³-hybridized carbons (Fsp3) is 0.727. The van der Waals surface area contributed by atoms with E-state index in [1.54, 1.807) is 0 Å². The smallest absolute Gasteiger partial charge is 0.310 e. The lowest BCUT2D eigenvalue weighted by Gasteiger charge is -2.22. The van der Waals surface area contributed by atoms with Crippen LogP contribution in [0.5, 0.6) is 0 Å².